The second-order valence-electron chi connectivity index (χ2n) is 4.26. The minimum atomic E-state index is -0.216. The molecule has 0 amide bonds. The molecule has 0 saturated carbocycles. The summed E-state index contributed by atoms with van der Waals surface area (Å²) in [6.07, 6.45) is 2.15. The quantitative estimate of drug-likeness (QED) is 0.598. The number of benzene rings is 1. The van der Waals surface area contributed by atoms with Crippen molar-refractivity contribution in [1.82, 2.24) is 0 Å². The van der Waals surface area contributed by atoms with Gasteiger partial charge in [-0.3, -0.25) is 4.79 Å². The number of anilines is 1. The molecular weight excluding hydrogens is 230 g/mol. The van der Waals surface area contributed by atoms with E-state index in [1.54, 1.807) is 24.3 Å². The maximum absolute atomic E-state index is 11.5. The number of nitrogen functional groups attached to an aromatic ring is 1. The van der Waals surface area contributed by atoms with Crippen LogP contribution in [0.5, 0.6) is 5.75 Å². The van der Waals surface area contributed by atoms with Crippen molar-refractivity contribution in [3.63, 3.8) is 0 Å². The predicted octanol–water partition coefficient (Wildman–Crippen LogP) is 2.77. The fraction of sp³-hybridized carbons (Fsp3) is 0.500. The Morgan fingerprint density at radius 1 is 1.33 bits per heavy atom. The van der Waals surface area contributed by atoms with E-state index in [0.717, 1.165) is 12.8 Å². The minimum Gasteiger partial charge on any atom is -0.493 e. The van der Waals surface area contributed by atoms with Crippen LogP contribution in [-0.2, 0) is 9.53 Å². The van der Waals surface area contributed by atoms with Crippen LogP contribution in [0.3, 0.4) is 0 Å². The van der Waals surface area contributed by atoms with Crippen LogP contribution in [0.15, 0.2) is 24.3 Å². The first-order valence-electron chi connectivity index (χ1n) is 6.29. The number of hydrogen-bond acceptors (Lipinski definition) is 4. The molecule has 1 atom stereocenters. The number of nitrogens with two attached hydrogens (primary N) is 1. The van der Waals surface area contributed by atoms with Crippen LogP contribution < -0.4 is 10.5 Å². The summed E-state index contributed by atoms with van der Waals surface area (Å²) in [6, 6.07) is 7.08. The van der Waals surface area contributed by atoms with E-state index in [1.165, 1.54) is 0 Å². The Morgan fingerprint density at radius 3 is 2.61 bits per heavy atom. The molecule has 0 saturated heterocycles. The van der Waals surface area contributed by atoms with Crippen molar-refractivity contribution >= 4 is 11.7 Å². The van der Waals surface area contributed by atoms with Crippen LogP contribution in [0.1, 0.15) is 33.1 Å². The van der Waals surface area contributed by atoms with Crippen molar-refractivity contribution in [2.24, 2.45) is 0 Å². The Balaban J connectivity index is 2.21. The van der Waals surface area contributed by atoms with Gasteiger partial charge < -0.3 is 15.2 Å². The van der Waals surface area contributed by atoms with E-state index >= 15 is 0 Å². The van der Waals surface area contributed by atoms with Crippen LogP contribution in [0.25, 0.3) is 0 Å². The van der Waals surface area contributed by atoms with Crippen molar-refractivity contribution < 1.29 is 14.3 Å². The molecule has 0 aliphatic rings. The highest BCUT2D eigenvalue weighted by atomic mass is 16.5. The second kappa shape index (κ2) is 7.58. The van der Waals surface area contributed by atoms with Crippen molar-refractivity contribution in [2.75, 3.05) is 12.3 Å². The summed E-state index contributed by atoms with van der Waals surface area (Å²) in [7, 11) is 0. The summed E-state index contributed by atoms with van der Waals surface area (Å²) in [4.78, 5) is 11.5. The normalized spacial score (nSPS) is 11.9. The summed E-state index contributed by atoms with van der Waals surface area (Å²) in [5.74, 6) is 0.491. The maximum atomic E-state index is 11.5. The minimum absolute atomic E-state index is 0.0148. The molecule has 0 bridgehead atoms. The number of ether oxygens (including phenoxy) is 2. The van der Waals surface area contributed by atoms with Crippen molar-refractivity contribution in [3.05, 3.63) is 24.3 Å². The molecule has 4 heteroatoms. The molecule has 100 valence electrons. The smallest absolute Gasteiger partial charge is 0.309 e. The molecule has 0 aromatic heterocycles. The Bertz CT molecular complexity index is 362. The van der Waals surface area contributed by atoms with Gasteiger partial charge in [-0.25, -0.2) is 0 Å². The Morgan fingerprint density at radius 2 is 2.00 bits per heavy atom. The molecule has 2 N–H and O–H groups in total. The number of carbonyl (C=O) groups excluding carboxylic acids is 1. The molecule has 18 heavy (non-hydrogen) atoms. The molecule has 0 radical (unpaired) electrons. The third-order valence-corrected chi connectivity index (χ3v) is 2.48. The van der Waals surface area contributed by atoms with Gasteiger partial charge in [0.2, 0.25) is 0 Å². The van der Waals surface area contributed by atoms with Gasteiger partial charge in [-0.05, 0) is 37.6 Å². The largest absolute Gasteiger partial charge is 0.493 e. The summed E-state index contributed by atoms with van der Waals surface area (Å²) in [5, 5.41) is 0. The molecule has 4 nitrogen and oxygen atoms in total. The van der Waals surface area contributed by atoms with Crippen LogP contribution in [0.2, 0.25) is 0 Å². The van der Waals surface area contributed by atoms with E-state index in [0.29, 0.717) is 18.0 Å². The van der Waals surface area contributed by atoms with Crippen molar-refractivity contribution in [1.29, 1.82) is 0 Å². The summed E-state index contributed by atoms with van der Waals surface area (Å²) >= 11 is 0. The van der Waals surface area contributed by atoms with Crippen molar-refractivity contribution in [2.45, 2.75) is 39.2 Å². The van der Waals surface area contributed by atoms with Crippen LogP contribution >= 0.6 is 0 Å². The van der Waals surface area contributed by atoms with E-state index in [4.69, 9.17) is 15.2 Å². The van der Waals surface area contributed by atoms with Gasteiger partial charge in [-0.15, -0.1) is 0 Å². The number of carbonyl (C=O) groups is 1. The fourth-order valence-electron chi connectivity index (χ4n) is 1.57. The van der Waals surface area contributed by atoms with Gasteiger partial charge in [0.25, 0.3) is 0 Å². The molecule has 1 aromatic carbocycles. The van der Waals surface area contributed by atoms with E-state index in [1.807, 2.05) is 6.92 Å². The fourth-order valence-corrected chi connectivity index (χ4v) is 1.57. The van der Waals surface area contributed by atoms with Gasteiger partial charge in [0.15, 0.2) is 0 Å². The zero-order valence-corrected chi connectivity index (χ0v) is 11.0. The summed E-state index contributed by atoms with van der Waals surface area (Å²) in [5.41, 5.74) is 6.25. The highest BCUT2D eigenvalue weighted by Crippen LogP contribution is 2.13. The molecule has 1 unspecified atom stereocenters. The number of esters is 1. The van der Waals surface area contributed by atoms with E-state index in [9.17, 15) is 4.79 Å². The first kappa shape index (κ1) is 14.4. The lowest BCUT2D eigenvalue weighted by Crippen LogP contribution is -2.16. The SMILES string of the molecule is CCCC(C)OC(=O)CCOc1ccc(N)cc1. The molecule has 1 aromatic rings. The summed E-state index contributed by atoms with van der Waals surface area (Å²) in [6.45, 7) is 4.29. The van der Waals surface area contributed by atoms with Crippen LogP contribution in [0, 0.1) is 0 Å². The molecule has 0 spiro atoms. The molecular formula is C14H21NO3. The lowest BCUT2D eigenvalue weighted by molar-refractivity contribution is -0.149. The molecule has 0 aliphatic carbocycles. The average molecular weight is 251 g/mol. The van der Waals surface area contributed by atoms with Gasteiger partial charge in [-0.2, -0.15) is 0 Å². The first-order chi connectivity index (χ1) is 8.61. The Hall–Kier alpha value is -1.71. The highest BCUT2D eigenvalue weighted by molar-refractivity contribution is 5.69. The topological polar surface area (TPSA) is 61.5 Å². The third kappa shape index (κ3) is 5.57. The van der Waals surface area contributed by atoms with Gasteiger partial charge in [0.05, 0.1) is 19.1 Å². The first-order valence-corrected chi connectivity index (χ1v) is 6.29. The molecule has 0 aliphatic heterocycles. The van der Waals surface area contributed by atoms with Crippen molar-refractivity contribution in [3.8, 4) is 5.75 Å². The number of hydrogen-bond donors (Lipinski definition) is 1. The second-order valence-corrected chi connectivity index (χ2v) is 4.26. The zero-order valence-electron chi connectivity index (χ0n) is 11.0. The van der Waals surface area contributed by atoms with E-state index < -0.39 is 0 Å². The Kier molecular flexibility index (Phi) is 6.05. The number of rotatable bonds is 7. The van der Waals surface area contributed by atoms with Gasteiger partial charge >= 0.3 is 5.97 Å². The Labute approximate surface area is 108 Å². The highest BCUT2D eigenvalue weighted by Gasteiger charge is 2.08. The van der Waals surface area contributed by atoms with E-state index in [2.05, 4.69) is 6.92 Å². The zero-order chi connectivity index (χ0) is 13.4. The van der Waals surface area contributed by atoms with Crippen LogP contribution in [-0.4, -0.2) is 18.7 Å². The molecule has 0 heterocycles. The summed E-state index contributed by atoms with van der Waals surface area (Å²) < 4.78 is 10.6. The lowest BCUT2D eigenvalue weighted by atomic mass is 10.2. The third-order valence-electron chi connectivity index (χ3n) is 2.48. The lowest BCUT2D eigenvalue weighted by Gasteiger charge is -2.12. The van der Waals surface area contributed by atoms with Crippen LogP contribution in [0.4, 0.5) is 5.69 Å². The average Bonchev–Trinajstić information content (AvgIpc) is 2.32. The molecule has 0 fully saturated rings. The van der Waals surface area contributed by atoms with E-state index in [-0.39, 0.29) is 18.5 Å². The monoisotopic (exact) mass is 251 g/mol. The molecule has 1 rings (SSSR count). The standard InChI is InChI=1S/C14H21NO3/c1-3-4-11(2)18-14(16)9-10-17-13-7-5-12(15)6-8-13/h5-8,11H,3-4,9-10,15H2,1-2H3. The predicted molar refractivity (Wildman–Crippen MR) is 71.4 cm³/mol. The van der Waals surface area contributed by atoms with Gasteiger partial charge in [0.1, 0.15) is 5.75 Å². The van der Waals surface area contributed by atoms with Gasteiger partial charge in [-0.1, -0.05) is 13.3 Å². The maximum Gasteiger partial charge on any atom is 0.309 e. The van der Waals surface area contributed by atoms with Gasteiger partial charge in [0, 0.05) is 5.69 Å².